The third-order valence-electron chi connectivity index (χ3n) is 4.00. The maximum Gasteiger partial charge on any atom is 0.416 e. The van der Waals surface area contributed by atoms with Crippen LogP contribution in [0.2, 0.25) is 0 Å². The van der Waals surface area contributed by atoms with Crippen molar-refractivity contribution in [2.24, 2.45) is 0 Å². The van der Waals surface area contributed by atoms with Gasteiger partial charge in [-0.15, -0.1) is 0 Å². The Hall–Kier alpha value is -4.05. The summed E-state index contributed by atoms with van der Waals surface area (Å²) in [6.07, 6.45) is -3.22. The van der Waals surface area contributed by atoms with Gasteiger partial charge in [0.1, 0.15) is 23.1 Å². The Balaban J connectivity index is 1.84. The standard InChI is InChI=1S/C23H15F3N2O2/c24-23(25,26)18-8-6-9-19(14-18)28-22(29)17(15-27)13-16-7-4-5-12-21(16)30-20-10-2-1-3-11-20/h1-14H,(H,28,29)/b17-13+. The van der Waals surface area contributed by atoms with E-state index in [2.05, 4.69) is 5.32 Å². The highest BCUT2D eigenvalue weighted by molar-refractivity contribution is 6.09. The van der Waals surface area contributed by atoms with Gasteiger partial charge in [0, 0.05) is 11.3 Å². The first-order chi connectivity index (χ1) is 14.4. The zero-order chi connectivity index (χ0) is 21.6. The summed E-state index contributed by atoms with van der Waals surface area (Å²) in [5.41, 5.74) is -0.775. The summed E-state index contributed by atoms with van der Waals surface area (Å²) in [7, 11) is 0. The van der Waals surface area contributed by atoms with E-state index in [1.165, 1.54) is 18.2 Å². The lowest BCUT2D eigenvalue weighted by Crippen LogP contribution is -2.14. The minimum absolute atomic E-state index is 0.0650. The van der Waals surface area contributed by atoms with Crippen molar-refractivity contribution in [1.82, 2.24) is 0 Å². The fraction of sp³-hybridized carbons (Fsp3) is 0.0435. The number of nitriles is 1. The smallest absolute Gasteiger partial charge is 0.416 e. The molecule has 0 aromatic heterocycles. The molecule has 0 aliphatic carbocycles. The van der Waals surface area contributed by atoms with Crippen LogP contribution in [-0.4, -0.2) is 5.91 Å². The zero-order valence-electron chi connectivity index (χ0n) is 15.5. The molecule has 1 N–H and O–H groups in total. The molecule has 3 rings (SSSR count). The molecule has 0 saturated carbocycles. The third kappa shape index (κ3) is 5.26. The number of carbonyl (C=O) groups is 1. The van der Waals surface area contributed by atoms with E-state index >= 15 is 0 Å². The molecule has 0 bridgehead atoms. The first-order valence-corrected chi connectivity index (χ1v) is 8.79. The Morgan fingerprint density at radius 1 is 0.967 bits per heavy atom. The van der Waals surface area contributed by atoms with Crippen LogP contribution in [0, 0.1) is 11.3 Å². The van der Waals surface area contributed by atoms with Crippen molar-refractivity contribution in [2.45, 2.75) is 6.18 Å². The lowest BCUT2D eigenvalue weighted by molar-refractivity contribution is -0.137. The summed E-state index contributed by atoms with van der Waals surface area (Å²) < 4.78 is 44.3. The number of carbonyl (C=O) groups excluding carboxylic acids is 1. The molecule has 1 amide bonds. The predicted octanol–water partition coefficient (Wildman–Crippen LogP) is 6.04. The zero-order valence-corrected chi connectivity index (χ0v) is 15.5. The van der Waals surface area contributed by atoms with Crippen molar-refractivity contribution in [2.75, 3.05) is 5.32 Å². The van der Waals surface area contributed by atoms with Crippen molar-refractivity contribution in [3.63, 3.8) is 0 Å². The third-order valence-corrected chi connectivity index (χ3v) is 4.00. The molecule has 0 unspecified atom stereocenters. The Morgan fingerprint density at radius 2 is 1.67 bits per heavy atom. The number of ether oxygens (including phenoxy) is 1. The molecule has 3 aromatic rings. The molecule has 3 aromatic carbocycles. The van der Waals surface area contributed by atoms with Gasteiger partial charge in [0.25, 0.3) is 5.91 Å². The highest BCUT2D eigenvalue weighted by atomic mass is 19.4. The van der Waals surface area contributed by atoms with Crippen LogP contribution in [0.25, 0.3) is 6.08 Å². The summed E-state index contributed by atoms with van der Waals surface area (Å²) in [6, 6.07) is 21.7. The summed E-state index contributed by atoms with van der Waals surface area (Å²) in [5.74, 6) is 0.167. The number of halogens is 3. The second kappa shape index (κ2) is 8.97. The van der Waals surface area contributed by atoms with E-state index in [0.717, 1.165) is 12.1 Å². The number of anilines is 1. The van der Waals surface area contributed by atoms with Crippen LogP contribution in [0.15, 0.2) is 84.4 Å². The van der Waals surface area contributed by atoms with Gasteiger partial charge in [-0.25, -0.2) is 0 Å². The molecule has 150 valence electrons. The number of amides is 1. The molecule has 0 saturated heterocycles. The molecule has 0 atom stereocenters. The van der Waals surface area contributed by atoms with Gasteiger partial charge in [-0.05, 0) is 42.5 Å². The monoisotopic (exact) mass is 408 g/mol. The Morgan fingerprint density at radius 3 is 2.37 bits per heavy atom. The van der Waals surface area contributed by atoms with Crippen LogP contribution in [0.4, 0.5) is 18.9 Å². The Bertz CT molecular complexity index is 1120. The van der Waals surface area contributed by atoms with Gasteiger partial charge in [0.2, 0.25) is 0 Å². The number of rotatable bonds is 5. The van der Waals surface area contributed by atoms with E-state index in [-0.39, 0.29) is 11.3 Å². The van der Waals surface area contributed by atoms with E-state index in [9.17, 15) is 23.2 Å². The van der Waals surface area contributed by atoms with Crippen molar-refractivity contribution in [3.8, 4) is 17.6 Å². The van der Waals surface area contributed by atoms with Gasteiger partial charge in [0.15, 0.2) is 0 Å². The molecule has 0 heterocycles. The highest BCUT2D eigenvalue weighted by Gasteiger charge is 2.30. The molecule has 0 fully saturated rings. The average molecular weight is 408 g/mol. The van der Waals surface area contributed by atoms with Gasteiger partial charge < -0.3 is 10.1 Å². The number of nitrogens with zero attached hydrogens (tertiary/aromatic N) is 1. The van der Waals surface area contributed by atoms with Gasteiger partial charge in [-0.3, -0.25) is 4.79 Å². The van der Waals surface area contributed by atoms with Crippen LogP contribution in [0.1, 0.15) is 11.1 Å². The number of alkyl halides is 3. The van der Waals surface area contributed by atoms with Crippen LogP contribution in [-0.2, 0) is 11.0 Å². The molecule has 0 aliphatic heterocycles. The Kier molecular flexibility index (Phi) is 6.18. The predicted molar refractivity (Wildman–Crippen MR) is 107 cm³/mol. The maximum absolute atomic E-state index is 12.9. The van der Waals surface area contributed by atoms with E-state index in [4.69, 9.17) is 4.74 Å². The number of hydrogen-bond acceptors (Lipinski definition) is 3. The van der Waals surface area contributed by atoms with Gasteiger partial charge in [-0.2, -0.15) is 18.4 Å². The number of para-hydroxylation sites is 2. The number of benzene rings is 3. The first kappa shape index (κ1) is 20.7. The van der Waals surface area contributed by atoms with Crippen LogP contribution in [0.5, 0.6) is 11.5 Å². The lowest BCUT2D eigenvalue weighted by atomic mass is 10.1. The second-order valence-corrected chi connectivity index (χ2v) is 6.16. The summed E-state index contributed by atoms with van der Waals surface area (Å²) in [4.78, 5) is 12.5. The molecule has 7 heteroatoms. The van der Waals surface area contributed by atoms with Gasteiger partial charge in [0.05, 0.1) is 5.56 Å². The minimum Gasteiger partial charge on any atom is -0.457 e. The van der Waals surface area contributed by atoms with E-state index in [1.807, 2.05) is 6.07 Å². The van der Waals surface area contributed by atoms with Crippen LogP contribution >= 0.6 is 0 Å². The summed E-state index contributed by atoms with van der Waals surface area (Å²) in [6.45, 7) is 0. The maximum atomic E-state index is 12.9. The van der Waals surface area contributed by atoms with E-state index in [1.54, 1.807) is 54.6 Å². The van der Waals surface area contributed by atoms with Crippen molar-refractivity contribution in [3.05, 3.63) is 95.6 Å². The van der Waals surface area contributed by atoms with Crippen molar-refractivity contribution in [1.29, 1.82) is 5.26 Å². The minimum atomic E-state index is -4.54. The fourth-order valence-electron chi connectivity index (χ4n) is 2.58. The summed E-state index contributed by atoms with van der Waals surface area (Å²) in [5, 5.41) is 11.7. The molecule has 0 spiro atoms. The molecule has 0 aliphatic rings. The molecule has 0 radical (unpaired) electrons. The number of hydrogen-bond donors (Lipinski definition) is 1. The van der Waals surface area contributed by atoms with Crippen LogP contribution < -0.4 is 10.1 Å². The highest BCUT2D eigenvalue weighted by Crippen LogP contribution is 2.31. The lowest BCUT2D eigenvalue weighted by Gasteiger charge is -2.10. The quantitative estimate of drug-likeness (QED) is 0.413. The van der Waals surface area contributed by atoms with Crippen molar-refractivity contribution < 1.29 is 22.7 Å². The largest absolute Gasteiger partial charge is 0.457 e. The van der Waals surface area contributed by atoms with E-state index in [0.29, 0.717) is 17.1 Å². The van der Waals surface area contributed by atoms with Crippen molar-refractivity contribution >= 4 is 17.7 Å². The van der Waals surface area contributed by atoms with Gasteiger partial charge in [-0.1, -0.05) is 42.5 Å². The molecular formula is C23H15F3N2O2. The number of nitrogens with one attached hydrogen (secondary N) is 1. The topological polar surface area (TPSA) is 62.1 Å². The molecular weight excluding hydrogens is 393 g/mol. The second-order valence-electron chi connectivity index (χ2n) is 6.16. The van der Waals surface area contributed by atoms with Crippen LogP contribution in [0.3, 0.4) is 0 Å². The van der Waals surface area contributed by atoms with E-state index < -0.39 is 17.6 Å². The summed E-state index contributed by atoms with van der Waals surface area (Å²) >= 11 is 0. The molecule has 4 nitrogen and oxygen atoms in total. The average Bonchev–Trinajstić information content (AvgIpc) is 2.73. The SMILES string of the molecule is N#C/C(=C\c1ccccc1Oc1ccccc1)C(=O)Nc1cccc(C(F)(F)F)c1. The molecule has 30 heavy (non-hydrogen) atoms. The Labute approximate surface area is 170 Å². The fourth-order valence-corrected chi connectivity index (χ4v) is 2.58. The van der Waals surface area contributed by atoms with Gasteiger partial charge >= 0.3 is 6.18 Å². The first-order valence-electron chi connectivity index (χ1n) is 8.79. The normalized spacial score (nSPS) is 11.5.